The average Bonchev–Trinajstić information content (AvgIpc) is 2.49. The van der Waals surface area contributed by atoms with Gasteiger partial charge in [0.2, 0.25) is 0 Å². The Hall–Kier alpha value is -0.690. The van der Waals surface area contributed by atoms with Gasteiger partial charge in [0.25, 0.3) is 0 Å². The molecule has 0 radical (unpaired) electrons. The molecule has 110 valence electrons. The summed E-state index contributed by atoms with van der Waals surface area (Å²) in [5.41, 5.74) is 4.67. The Bertz CT molecular complexity index is 452. The summed E-state index contributed by atoms with van der Waals surface area (Å²) in [4.78, 5) is 2.57. The fraction of sp³-hybridized carbons (Fsp3) is 0.667. The van der Waals surface area contributed by atoms with E-state index in [0.717, 1.165) is 0 Å². The molecule has 1 nitrogen and oxygen atoms in total. The monoisotopic (exact) mass is 291 g/mol. The maximum Gasteiger partial charge on any atom is 0.0476 e. The Balaban J connectivity index is 1.67. The molecule has 1 heterocycles. The smallest absolute Gasteiger partial charge is 0.0476 e. The first kappa shape index (κ1) is 14.3. The maximum absolute atomic E-state index is 5.95. The number of aryl methyl sites for hydroxylation is 1. The predicted molar refractivity (Wildman–Crippen MR) is 87.7 cm³/mol. The predicted octanol–water partition coefficient (Wildman–Crippen LogP) is 5.28. The minimum Gasteiger partial charge on any atom is -0.371 e. The lowest BCUT2D eigenvalue weighted by Crippen LogP contribution is -2.41. The second-order valence-electron chi connectivity index (χ2n) is 6.79. The quantitative estimate of drug-likeness (QED) is 0.670. The minimum atomic E-state index is 0.620. The number of piperidine rings is 1. The molecule has 0 amide bonds. The summed E-state index contributed by atoms with van der Waals surface area (Å²) in [6.07, 6.45) is 10.1. The van der Waals surface area contributed by atoms with Gasteiger partial charge in [0.15, 0.2) is 0 Å². The van der Waals surface area contributed by atoms with Crippen LogP contribution in [0.3, 0.4) is 0 Å². The van der Waals surface area contributed by atoms with E-state index in [4.69, 9.17) is 11.6 Å². The number of nitrogens with zero attached hydrogens (tertiary/aromatic N) is 1. The van der Waals surface area contributed by atoms with Gasteiger partial charge in [-0.25, -0.2) is 0 Å². The molecule has 2 aliphatic rings. The third kappa shape index (κ3) is 2.83. The van der Waals surface area contributed by atoms with Gasteiger partial charge in [0, 0.05) is 24.7 Å². The molecule has 1 aromatic carbocycles. The normalized spacial score (nSPS) is 22.2. The van der Waals surface area contributed by atoms with Gasteiger partial charge in [0.05, 0.1) is 0 Å². The van der Waals surface area contributed by atoms with Gasteiger partial charge >= 0.3 is 0 Å². The zero-order valence-corrected chi connectivity index (χ0v) is 13.4. The highest BCUT2D eigenvalue weighted by atomic mass is 35.5. The number of benzene rings is 1. The first-order valence-electron chi connectivity index (χ1n) is 8.13. The lowest BCUT2D eigenvalue weighted by atomic mass is 9.68. The molecule has 1 saturated heterocycles. The Labute approximate surface area is 128 Å². The van der Waals surface area contributed by atoms with Crippen LogP contribution in [0, 0.1) is 12.3 Å². The molecule has 20 heavy (non-hydrogen) atoms. The SMILES string of the molecule is Cc1cc(N2CCC3(CCCCC3)CC2)ccc1CCl. The number of rotatable bonds is 2. The summed E-state index contributed by atoms with van der Waals surface area (Å²) in [6.45, 7) is 4.65. The summed E-state index contributed by atoms with van der Waals surface area (Å²) in [5, 5.41) is 0. The highest BCUT2D eigenvalue weighted by Gasteiger charge is 2.35. The van der Waals surface area contributed by atoms with E-state index in [2.05, 4.69) is 30.0 Å². The second-order valence-corrected chi connectivity index (χ2v) is 7.06. The van der Waals surface area contributed by atoms with Crippen LogP contribution in [0.15, 0.2) is 18.2 Å². The Morgan fingerprint density at radius 1 is 1.05 bits per heavy atom. The standard InChI is InChI=1S/C18H26ClN/c1-15-13-17(6-5-16(15)14-19)20-11-9-18(10-12-20)7-3-2-4-8-18/h5-6,13H,2-4,7-12,14H2,1H3. The molecule has 0 bridgehead atoms. The minimum absolute atomic E-state index is 0.620. The Morgan fingerprint density at radius 3 is 2.35 bits per heavy atom. The molecule has 1 aromatic rings. The largest absolute Gasteiger partial charge is 0.371 e. The van der Waals surface area contributed by atoms with Crippen molar-refractivity contribution in [3.63, 3.8) is 0 Å². The maximum atomic E-state index is 5.95. The molecule has 1 spiro atoms. The average molecular weight is 292 g/mol. The van der Waals surface area contributed by atoms with E-state index >= 15 is 0 Å². The van der Waals surface area contributed by atoms with Crippen LogP contribution in [-0.2, 0) is 5.88 Å². The van der Waals surface area contributed by atoms with Gasteiger partial charge in [-0.15, -0.1) is 11.6 Å². The lowest BCUT2D eigenvalue weighted by Gasteiger charge is -2.45. The summed E-state index contributed by atoms with van der Waals surface area (Å²) in [7, 11) is 0. The fourth-order valence-corrected chi connectivity index (χ4v) is 4.37. The molecule has 1 aliphatic carbocycles. The number of alkyl halides is 1. The van der Waals surface area contributed by atoms with Gasteiger partial charge in [-0.3, -0.25) is 0 Å². The molecule has 0 unspecified atom stereocenters. The van der Waals surface area contributed by atoms with Crippen molar-refractivity contribution in [3.05, 3.63) is 29.3 Å². The van der Waals surface area contributed by atoms with Crippen LogP contribution in [0.25, 0.3) is 0 Å². The Morgan fingerprint density at radius 2 is 1.75 bits per heavy atom. The van der Waals surface area contributed by atoms with Gasteiger partial charge in [0.1, 0.15) is 0 Å². The first-order chi connectivity index (χ1) is 9.72. The number of hydrogen-bond donors (Lipinski definition) is 0. The summed E-state index contributed by atoms with van der Waals surface area (Å²) >= 11 is 5.95. The van der Waals surface area contributed by atoms with Crippen LogP contribution in [0.1, 0.15) is 56.1 Å². The first-order valence-corrected chi connectivity index (χ1v) is 8.66. The summed E-state index contributed by atoms with van der Waals surface area (Å²) in [6, 6.07) is 6.77. The van der Waals surface area contributed by atoms with Crippen LogP contribution in [-0.4, -0.2) is 13.1 Å². The summed E-state index contributed by atoms with van der Waals surface area (Å²) < 4.78 is 0. The topological polar surface area (TPSA) is 3.24 Å². The molecule has 0 atom stereocenters. The number of anilines is 1. The molecule has 1 aliphatic heterocycles. The zero-order chi connectivity index (χ0) is 14.0. The Kier molecular flexibility index (Phi) is 4.26. The second kappa shape index (κ2) is 5.97. The molecule has 0 aromatic heterocycles. The lowest BCUT2D eigenvalue weighted by molar-refractivity contribution is 0.144. The van der Waals surface area contributed by atoms with Crippen molar-refractivity contribution in [3.8, 4) is 0 Å². The molecule has 1 saturated carbocycles. The molecule has 0 N–H and O–H groups in total. The highest BCUT2D eigenvalue weighted by molar-refractivity contribution is 6.17. The third-order valence-corrected chi connectivity index (χ3v) is 5.86. The van der Waals surface area contributed by atoms with Crippen LogP contribution < -0.4 is 4.90 Å². The molecular weight excluding hydrogens is 266 g/mol. The summed E-state index contributed by atoms with van der Waals surface area (Å²) in [5.74, 6) is 0.620. The van der Waals surface area contributed by atoms with Gasteiger partial charge in [-0.2, -0.15) is 0 Å². The van der Waals surface area contributed by atoms with Crippen molar-refractivity contribution in [1.82, 2.24) is 0 Å². The van der Waals surface area contributed by atoms with Crippen molar-refractivity contribution in [2.45, 2.75) is 57.7 Å². The van der Waals surface area contributed by atoms with E-state index in [9.17, 15) is 0 Å². The van der Waals surface area contributed by atoms with Gasteiger partial charge < -0.3 is 4.90 Å². The van der Waals surface area contributed by atoms with Crippen LogP contribution >= 0.6 is 11.6 Å². The van der Waals surface area contributed by atoms with Gasteiger partial charge in [-0.1, -0.05) is 25.3 Å². The van der Waals surface area contributed by atoms with Crippen molar-refractivity contribution < 1.29 is 0 Å². The number of halogens is 1. The fourth-order valence-electron chi connectivity index (χ4n) is 4.07. The third-order valence-electron chi connectivity index (χ3n) is 5.57. The van der Waals surface area contributed by atoms with Crippen molar-refractivity contribution in [1.29, 1.82) is 0 Å². The highest BCUT2D eigenvalue weighted by Crippen LogP contribution is 2.45. The van der Waals surface area contributed by atoms with Crippen molar-refractivity contribution >= 4 is 17.3 Å². The van der Waals surface area contributed by atoms with E-state index < -0.39 is 0 Å². The van der Waals surface area contributed by atoms with E-state index in [0.29, 0.717) is 11.3 Å². The van der Waals surface area contributed by atoms with Gasteiger partial charge in [-0.05, 0) is 61.3 Å². The molecule has 2 heteroatoms. The zero-order valence-electron chi connectivity index (χ0n) is 12.6. The van der Waals surface area contributed by atoms with Crippen LogP contribution in [0.4, 0.5) is 5.69 Å². The number of hydrogen-bond acceptors (Lipinski definition) is 1. The van der Waals surface area contributed by atoms with Crippen molar-refractivity contribution in [2.24, 2.45) is 5.41 Å². The van der Waals surface area contributed by atoms with E-state index in [-0.39, 0.29) is 0 Å². The van der Waals surface area contributed by atoms with E-state index in [1.807, 2.05) is 0 Å². The van der Waals surface area contributed by atoms with E-state index in [1.165, 1.54) is 74.8 Å². The molecule has 3 rings (SSSR count). The molecular formula is C18H26ClN. The van der Waals surface area contributed by atoms with Crippen molar-refractivity contribution in [2.75, 3.05) is 18.0 Å². The van der Waals surface area contributed by atoms with Crippen LogP contribution in [0.2, 0.25) is 0 Å². The van der Waals surface area contributed by atoms with E-state index in [1.54, 1.807) is 0 Å². The van der Waals surface area contributed by atoms with Crippen LogP contribution in [0.5, 0.6) is 0 Å². The molecule has 2 fully saturated rings.